The summed E-state index contributed by atoms with van der Waals surface area (Å²) in [5, 5.41) is 0. The van der Waals surface area contributed by atoms with E-state index in [9.17, 15) is 0 Å². The number of fused-ring (bicyclic) bond motifs is 4. The van der Waals surface area contributed by atoms with Crippen LogP contribution in [0, 0.1) is 5.92 Å². The third-order valence-corrected chi connectivity index (χ3v) is 13.8. The van der Waals surface area contributed by atoms with Gasteiger partial charge < -0.3 is 4.90 Å². The predicted octanol–water partition coefficient (Wildman–Crippen LogP) is 19.1. The number of benzene rings is 6. The lowest BCUT2D eigenvalue weighted by Crippen LogP contribution is -2.30. The maximum atomic E-state index is 2.51. The van der Waals surface area contributed by atoms with Gasteiger partial charge in [-0.3, -0.25) is 0 Å². The molecule has 0 N–H and O–H groups in total. The Morgan fingerprint density at radius 3 is 1.90 bits per heavy atom. The third-order valence-electron chi connectivity index (χ3n) is 13.8. The average Bonchev–Trinajstić information content (AvgIpc) is 3.49. The number of rotatable bonds is 7. The molecule has 0 saturated carbocycles. The van der Waals surface area contributed by atoms with Gasteiger partial charge in [0.1, 0.15) is 0 Å². The van der Waals surface area contributed by atoms with Crippen molar-refractivity contribution in [2.24, 2.45) is 5.92 Å². The molecule has 0 aromatic heterocycles. The summed E-state index contributed by atoms with van der Waals surface area (Å²) in [5.41, 5.74) is 18.9. The molecule has 1 unspecified atom stereocenters. The minimum atomic E-state index is -0.409. The minimum Gasteiger partial charge on any atom is -0.310 e. The van der Waals surface area contributed by atoms with E-state index in [4.69, 9.17) is 0 Å². The van der Waals surface area contributed by atoms with Crippen LogP contribution in [0.15, 0.2) is 241 Å². The van der Waals surface area contributed by atoms with Crippen LogP contribution in [0.1, 0.15) is 115 Å². The van der Waals surface area contributed by atoms with Crippen LogP contribution in [-0.2, 0) is 17.3 Å². The molecule has 1 atom stereocenters. The Balaban J connectivity index is 0.00000113. The van der Waals surface area contributed by atoms with Gasteiger partial charge in [0.05, 0.1) is 0 Å². The van der Waals surface area contributed by atoms with Gasteiger partial charge in [0.25, 0.3) is 0 Å². The molecule has 0 saturated heterocycles. The maximum Gasteiger partial charge on any atom is 0.0489 e. The number of anilines is 2. The van der Waals surface area contributed by atoms with Crippen LogP contribution >= 0.6 is 0 Å². The average molecular weight is 904 g/mol. The molecule has 0 fully saturated rings. The molecular weight excluding hydrogens is 831 g/mol. The highest BCUT2D eigenvalue weighted by molar-refractivity contribution is 5.93. The summed E-state index contributed by atoms with van der Waals surface area (Å²) in [5.74, 6) is 0.395. The van der Waals surface area contributed by atoms with Gasteiger partial charge in [-0.2, -0.15) is 0 Å². The standard InChI is InChI=1S/C62H55N.3C2H6/c1-45-21-13-15-23-47(45)35-34-46-22-14-16-29-53(43-46)63(52-39-36-48(37-40-52)55-31-20-33-58-60(55)56-30-17-18-32-57(56)61(58,2)3)54-41-38-49-24-8-4-5-19-42-62(59(49)44-54,50-25-9-6-10-26-50)51-27-11-7-12-28-51;3*1-2/h4-13,15-21,23,25-41,43-45H,14,22,24,42H2,1-3H3;3*1-2H3/b8-4-,19-5-,46-34+,47-35-;;;. The SMILES string of the molecule is CC.CC.CC.CC1C=CC=C/C1=C/C=C1/C=C(N(c2ccc(-c3cccc4c3-c3ccccc3C4(C)C)cc2)c2ccc3c(c2)C(c2ccccc2)(c2ccccc2)C/C=C\C=C/C3)C=CCC1. The fourth-order valence-corrected chi connectivity index (χ4v) is 10.5. The second kappa shape index (κ2) is 23.4. The van der Waals surface area contributed by atoms with Crippen LogP contribution < -0.4 is 4.90 Å². The van der Waals surface area contributed by atoms with Gasteiger partial charge in [-0.25, -0.2) is 0 Å². The lowest BCUT2D eigenvalue weighted by Gasteiger charge is -2.38. The molecule has 6 aromatic carbocycles. The molecule has 0 radical (unpaired) electrons. The summed E-state index contributed by atoms with van der Waals surface area (Å²) < 4.78 is 0. The van der Waals surface area contributed by atoms with Crippen LogP contribution in [0.25, 0.3) is 22.3 Å². The first-order valence-corrected chi connectivity index (χ1v) is 25.8. The molecule has 4 aliphatic rings. The van der Waals surface area contributed by atoms with E-state index < -0.39 is 5.41 Å². The van der Waals surface area contributed by atoms with E-state index in [0.717, 1.165) is 42.8 Å². The molecule has 0 amide bonds. The number of nitrogens with zero attached hydrogens (tertiary/aromatic N) is 1. The minimum absolute atomic E-state index is 0.0518. The van der Waals surface area contributed by atoms with Crippen molar-refractivity contribution in [2.45, 2.75) is 98.8 Å². The molecule has 0 heterocycles. The second-order valence-electron chi connectivity index (χ2n) is 18.0. The molecule has 1 heteroatoms. The van der Waals surface area contributed by atoms with E-state index in [1.165, 1.54) is 66.8 Å². The summed E-state index contributed by atoms with van der Waals surface area (Å²) in [4.78, 5) is 2.49. The Morgan fingerprint density at radius 2 is 1.19 bits per heavy atom. The molecule has 0 aliphatic heterocycles. The number of hydrogen-bond acceptors (Lipinski definition) is 1. The predicted molar refractivity (Wildman–Crippen MR) is 302 cm³/mol. The van der Waals surface area contributed by atoms with E-state index in [1.807, 2.05) is 41.5 Å². The molecule has 0 spiro atoms. The van der Waals surface area contributed by atoms with E-state index in [-0.39, 0.29) is 5.41 Å². The highest BCUT2D eigenvalue weighted by atomic mass is 15.1. The highest BCUT2D eigenvalue weighted by Crippen LogP contribution is 2.52. The third kappa shape index (κ3) is 10.3. The molecule has 4 aliphatic carbocycles. The molecule has 69 heavy (non-hydrogen) atoms. The summed E-state index contributed by atoms with van der Waals surface area (Å²) >= 11 is 0. The molecule has 10 rings (SSSR count). The summed E-state index contributed by atoms with van der Waals surface area (Å²) in [6, 6.07) is 54.7. The van der Waals surface area contributed by atoms with Gasteiger partial charge in [0.2, 0.25) is 0 Å². The molecular formula is C68H73N. The normalized spacial score (nSPS) is 18.9. The summed E-state index contributed by atoms with van der Waals surface area (Å²) in [6.45, 7) is 19.0. The largest absolute Gasteiger partial charge is 0.310 e. The fourth-order valence-electron chi connectivity index (χ4n) is 10.5. The van der Waals surface area contributed by atoms with Crippen LogP contribution in [0.5, 0.6) is 0 Å². The quantitative estimate of drug-likeness (QED) is 0.154. The molecule has 0 bridgehead atoms. The van der Waals surface area contributed by atoms with E-state index >= 15 is 0 Å². The topological polar surface area (TPSA) is 3.24 Å². The Labute approximate surface area is 416 Å². The fraction of sp³-hybridized carbons (Fsp3) is 0.235. The van der Waals surface area contributed by atoms with Crippen molar-refractivity contribution in [3.63, 3.8) is 0 Å². The zero-order chi connectivity index (χ0) is 48.8. The Kier molecular flexibility index (Phi) is 16.9. The maximum absolute atomic E-state index is 2.51. The monoisotopic (exact) mass is 904 g/mol. The highest BCUT2D eigenvalue weighted by Gasteiger charge is 2.39. The van der Waals surface area contributed by atoms with Crippen molar-refractivity contribution >= 4 is 11.4 Å². The van der Waals surface area contributed by atoms with Gasteiger partial charge in [-0.1, -0.05) is 250 Å². The van der Waals surface area contributed by atoms with Crippen LogP contribution in [-0.4, -0.2) is 0 Å². The van der Waals surface area contributed by atoms with E-state index in [1.54, 1.807) is 0 Å². The molecule has 350 valence electrons. The second-order valence-corrected chi connectivity index (χ2v) is 18.0. The Morgan fingerprint density at radius 1 is 0.551 bits per heavy atom. The van der Waals surface area contributed by atoms with Crippen molar-refractivity contribution in [1.82, 2.24) is 0 Å². The molecule has 1 nitrogen and oxygen atoms in total. The van der Waals surface area contributed by atoms with E-state index in [2.05, 4.69) is 250 Å². The van der Waals surface area contributed by atoms with Crippen molar-refractivity contribution in [2.75, 3.05) is 4.90 Å². The zero-order valence-corrected chi connectivity index (χ0v) is 42.7. The lowest BCUT2D eigenvalue weighted by molar-refractivity contribution is 0.622. The zero-order valence-electron chi connectivity index (χ0n) is 42.7. The van der Waals surface area contributed by atoms with Crippen LogP contribution in [0.4, 0.5) is 11.4 Å². The van der Waals surface area contributed by atoms with Gasteiger partial charge in [0.15, 0.2) is 0 Å². The van der Waals surface area contributed by atoms with Crippen LogP contribution in [0.3, 0.4) is 0 Å². The van der Waals surface area contributed by atoms with Gasteiger partial charge in [-0.05, 0) is 135 Å². The first kappa shape index (κ1) is 49.9. The first-order chi connectivity index (χ1) is 33.9. The van der Waals surface area contributed by atoms with E-state index in [0.29, 0.717) is 5.92 Å². The first-order valence-electron chi connectivity index (χ1n) is 25.8. The summed E-state index contributed by atoms with van der Waals surface area (Å²) in [7, 11) is 0. The lowest BCUT2D eigenvalue weighted by atomic mass is 9.65. The van der Waals surface area contributed by atoms with Crippen molar-refractivity contribution in [1.29, 1.82) is 0 Å². The summed E-state index contributed by atoms with van der Waals surface area (Å²) in [6.07, 6.45) is 33.3. The Hall–Kier alpha value is -6.96. The van der Waals surface area contributed by atoms with Crippen LogP contribution in [0.2, 0.25) is 0 Å². The number of allylic oxidation sites excluding steroid dienone is 15. The molecule has 6 aromatic rings. The van der Waals surface area contributed by atoms with Crippen molar-refractivity contribution in [3.05, 3.63) is 275 Å². The van der Waals surface area contributed by atoms with Crippen molar-refractivity contribution < 1.29 is 0 Å². The van der Waals surface area contributed by atoms with Crippen molar-refractivity contribution in [3.8, 4) is 22.3 Å². The van der Waals surface area contributed by atoms with Gasteiger partial charge in [-0.15, -0.1) is 0 Å². The van der Waals surface area contributed by atoms with Gasteiger partial charge in [0, 0.05) is 27.9 Å². The van der Waals surface area contributed by atoms with Gasteiger partial charge >= 0.3 is 0 Å². The Bertz CT molecular complexity index is 2870. The smallest absolute Gasteiger partial charge is 0.0489 e. The number of hydrogen-bond donors (Lipinski definition) is 0.